The van der Waals surface area contributed by atoms with E-state index < -0.39 is 0 Å². The molecule has 2 aromatic heterocycles. The average Bonchev–Trinajstić information content (AvgIpc) is 2.81. The van der Waals surface area contributed by atoms with Crippen molar-refractivity contribution < 1.29 is 9.62 Å². The zero-order valence-corrected chi connectivity index (χ0v) is 10.6. The van der Waals surface area contributed by atoms with Crippen LogP contribution in [0.5, 0.6) is 0 Å². The maximum atomic E-state index is 8.71. The van der Waals surface area contributed by atoms with Crippen molar-refractivity contribution in [2.75, 3.05) is 0 Å². The first-order chi connectivity index (χ1) is 8.72. The summed E-state index contributed by atoms with van der Waals surface area (Å²) >= 11 is 1.62. The van der Waals surface area contributed by atoms with Gasteiger partial charge < -0.3 is 15.4 Å². The zero-order chi connectivity index (χ0) is 13.0. The number of nitrogens with two attached hydrogens (primary N) is 1. The van der Waals surface area contributed by atoms with Gasteiger partial charge in [0.05, 0.1) is 6.26 Å². The molecule has 18 heavy (non-hydrogen) atoms. The van der Waals surface area contributed by atoms with E-state index in [0.717, 1.165) is 16.2 Å². The molecular formula is C12H13N3O2S. The summed E-state index contributed by atoms with van der Waals surface area (Å²) in [7, 11) is 0. The molecule has 0 saturated carbocycles. The predicted molar refractivity (Wildman–Crippen MR) is 69.8 cm³/mol. The minimum atomic E-state index is 0.0233. The molecule has 3 N–H and O–H groups in total. The van der Waals surface area contributed by atoms with Gasteiger partial charge in [-0.1, -0.05) is 11.2 Å². The van der Waals surface area contributed by atoms with Crippen LogP contribution in [0.25, 0.3) is 0 Å². The molecule has 0 amide bonds. The van der Waals surface area contributed by atoms with Gasteiger partial charge in [-0.25, -0.2) is 0 Å². The second-order valence-electron chi connectivity index (χ2n) is 3.63. The molecule has 5 nitrogen and oxygen atoms in total. The molecule has 0 aliphatic carbocycles. The van der Waals surface area contributed by atoms with Gasteiger partial charge in [-0.15, -0.1) is 11.8 Å². The SMILES string of the molecule is Cc1occc1SCc1cccnc1/C(N)=N/O. The van der Waals surface area contributed by atoms with Gasteiger partial charge in [0.15, 0.2) is 5.84 Å². The van der Waals surface area contributed by atoms with E-state index in [1.54, 1.807) is 24.2 Å². The molecule has 0 spiro atoms. The molecule has 0 saturated heterocycles. The third-order valence-electron chi connectivity index (χ3n) is 2.44. The van der Waals surface area contributed by atoms with Gasteiger partial charge in [0.25, 0.3) is 0 Å². The van der Waals surface area contributed by atoms with E-state index >= 15 is 0 Å². The number of nitrogens with zero attached hydrogens (tertiary/aromatic N) is 2. The van der Waals surface area contributed by atoms with Crippen molar-refractivity contribution in [1.29, 1.82) is 0 Å². The number of pyridine rings is 1. The fourth-order valence-electron chi connectivity index (χ4n) is 1.51. The average molecular weight is 263 g/mol. The topological polar surface area (TPSA) is 84.6 Å². The minimum absolute atomic E-state index is 0.0233. The lowest BCUT2D eigenvalue weighted by Crippen LogP contribution is -2.17. The Morgan fingerprint density at radius 2 is 2.39 bits per heavy atom. The lowest BCUT2D eigenvalue weighted by Gasteiger charge is -2.06. The predicted octanol–water partition coefficient (Wildman–Crippen LogP) is 2.37. The molecule has 0 fully saturated rings. The van der Waals surface area contributed by atoms with E-state index in [9.17, 15) is 0 Å². The van der Waals surface area contributed by atoms with Gasteiger partial charge in [0, 0.05) is 16.8 Å². The highest BCUT2D eigenvalue weighted by Crippen LogP contribution is 2.27. The van der Waals surface area contributed by atoms with E-state index in [0.29, 0.717) is 11.4 Å². The van der Waals surface area contributed by atoms with Crippen LogP contribution in [0.2, 0.25) is 0 Å². The Morgan fingerprint density at radius 3 is 3.06 bits per heavy atom. The Bertz CT molecular complexity index is 566. The van der Waals surface area contributed by atoms with Gasteiger partial charge in [0.1, 0.15) is 11.5 Å². The molecular weight excluding hydrogens is 250 g/mol. The Morgan fingerprint density at radius 1 is 1.56 bits per heavy atom. The zero-order valence-electron chi connectivity index (χ0n) is 9.83. The van der Waals surface area contributed by atoms with Crippen LogP contribution in [0.3, 0.4) is 0 Å². The lowest BCUT2D eigenvalue weighted by molar-refractivity contribution is 0.318. The number of aryl methyl sites for hydroxylation is 1. The van der Waals surface area contributed by atoms with Crippen molar-refractivity contribution in [3.05, 3.63) is 47.7 Å². The maximum Gasteiger partial charge on any atom is 0.189 e. The largest absolute Gasteiger partial charge is 0.468 e. The van der Waals surface area contributed by atoms with Crippen molar-refractivity contribution in [3.63, 3.8) is 0 Å². The van der Waals surface area contributed by atoms with Crippen molar-refractivity contribution in [1.82, 2.24) is 4.98 Å². The number of furan rings is 1. The van der Waals surface area contributed by atoms with E-state index in [1.807, 2.05) is 25.1 Å². The Kier molecular flexibility index (Phi) is 3.88. The molecule has 2 heterocycles. The number of oxime groups is 1. The van der Waals surface area contributed by atoms with Gasteiger partial charge in [-0.2, -0.15) is 0 Å². The first-order valence-corrected chi connectivity index (χ1v) is 6.29. The normalized spacial score (nSPS) is 11.7. The summed E-state index contributed by atoms with van der Waals surface area (Å²) < 4.78 is 5.23. The van der Waals surface area contributed by atoms with Crippen LogP contribution in [0.1, 0.15) is 17.0 Å². The second-order valence-corrected chi connectivity index (χ2v) is 4.64. The summed E-state index contributed by atoms with van der Waals surface area (Å²) in [6.45, 7) is 1.91. The summed E-state index contributed by atoms with van der Waals surface area (Å²) in [5.41, 5.74) is 7.01. The highest BCUT2D eigenvalue weighted by molar-refractivity contribution is 7.98. The number of hydrogen-bond acceptors (Lipinski definition) is 5. The Balaban J connectivity index is 2.17. The molecule has 0 unspecified atom stereocenters. The van der Waals surface area contributed by atoms with Crippen molar-refractivity contribution in [2.24, 2.45) is 10.9 Å². The molecule has 2 aromatic rings. The van der Waals surface area contributed by atoms with Crippen LogP contribution in [0.15, 0.2) is 45.1 Å². The van der Waals surface area contributed by atoms with Crippen LogP contribution in [-0.4, -0.2) is 16.0 Å². The maximum absolute atomic E-state index is 8.71. The highest BCUT2D eigenvalue weighted by atomic mass is 32.2. The first-order valence-electron chi connectivity index (χ1n) is 5.31. The third kappa shape index (κ3) is 2.65. The van der Waals surface area contributed by atoms with Crippen molar-refractivity contribution >= 4 is 17.6 Å². The molecule has 94 valence electrons. The van der Waals surface area contributed by atoms with E-state index in [-0.39, 0.29) is 5.84 Å². The third-order valence-corrected chi connectivity index (χ3v) is 3.63. The van der Waals surface area contributed by atoms with E-state index in [4.69, 9.17) is 15.4 Å². The van der Waals surface area contributed by atoms with Crippen LogP contribution in [-0.2, 0) is 5.75 Å². The van der Waals surface area contributed by atoms with Crippen molar-refractivity contribution in [2.45, 2.75) is 17.6 Å². The van der Waals surface area contributed by atoms with E-state index in [1.165, 1.54) is 0 Å². The molecule has 2 rings (SSSR count). The molecule has 0 radical (unpaired) electrons. The van der Waals surface area contributed by atoms with Crippen LogP contribution in [0.4, 0.5) is 0 Å². The number of rotatable bonds is 4. The van der Waals surface area contributed by atoms with Crippen molar-refractivity contribution in [3.8, 4) is 0 Å². The quantitative estimate of drug-likeness (QED) is 0.291. The summed E-state index contributed by atoms with van der Waals surface area (Å²) in [5.74, 6) is 1.59. The second kappa shape index (κ2) is 5.59. The Hall–Kier alpha value is -1.95. The van der Waals surface area contributed by atoms with Gasteiger partial charge in [0.2, 0.25) is 0 Å². The number of hydrogen-bond donors (Lipinski definition) is 2. The molecule has 6 heteroatoms. The van der Waals surface area contributed by atoms with Gasteiger partial charge in [-0.3, -0.25) is 4.98 Å². The summed E-state index contributed by atoms with van der Waals surface area (Å²) in [4.78, 5) is 5.19. The summed E-state index contributed by atoms with van der Waals surface area (Å²) in [5, 5.41) is 11.7. The lowest BCUT2D eigenvalue weighted by atomic mass is 10.2. The standard InChI is InChI=1S/C12H13N3O2S/c1-8-10(4-6-17-8)18-7-9-3-2-5-14-11(9)12(13)15-16/h2-6,16H,7H2,1H3,(H2,13,15). The van der Waals surface area contributed by atoms with Crippen LogP contribution >= 0.6 is 11.8 Å². The number of amidine groups is 1. The summed E-state index contributed by atoms with van der Waals surface area (Å²) in [6, 6.07) is 5.65. The molecule has 0 atom stereocenters. The first kappa shape index (κ1) is 12.5. The fraction of sp³-hybridized carbons (Fsp3) is 0.167. The molecule has 0 aliphatic rings. The molecule has 0 aliphatic heterocycles. The fourth-order valence-corrected chi connectivity index (χ4v) is 2.46. The number of thioether (sulfide) groups is 1. The molecule has 0 aromatic carbocycles. The Labute approximate surface area is 109 Å². The van der Waals surface area contributed by atoms with Gasteiger partial charge >= 0.3 is 0 Å². The highest BCUT2D eigenvalue weighted by Gasteiger charge is 2.09. The smallest absolute Gasteiger partial charge is 0.189 e. The molecule has 0 bridgehead atoms. The minimum Gasteiger partial charge on any atom is -0.468 e. The van der Waals surface area contributed by atoms with Crippen LogP contribution < -0.4 is 5.73 Å². The summed E-state index contributed by atoms with van der Waals surface area (Å²) in [6.07, 6.45) is 3.27. The van der Waals surface area contributed by atoms with Gasteiger partial charge in [-0.05, 0) is 24.6 Å². The van der Waals surface area contributed by atoms with E-state index in [2.05, 4.69) is 10.1 Å². The monoisotopic (exact) mass is 263 g/mol. The number of aromatic nitrogens is 1. The van der Waals surface area contributed by atoms with Crippen LogP contribution in [0, 0.1) is 6.92 Å².